The Labute approximate surface area is 111 Å². The minimum Gasteiger partial charge on any atom is -0.323 e. The fourth-order valence-corrected chi connectivity index (χ4v) is 3.69. The Morgan fingerprint density at radius 3 is 2.44 bits per heavy atom. The molecule has 1 aliphatic heterocycles. The largest absolute Gasteiger partial charge is 0.323 e. The topological polar surface area (TPSA) is 32.3 Å². The van der Waals surface area contributed by atoms with Gasteiger partial charge in [-0.05, 0) is 44.9 Å². The van der Waals surface area contributed by atoms with Crippen LogP contribution in [0.2, 0.25) is 0 Å². The number of hydrogen-bond donors (Lipinski definition) is 1. The molecule has 2 fully saturated rings. The molecule has 104 valence electrons. The van der Waals surface area contributed by atoms with E-state index in [0.29, 0.717) is 11.9 Å². The zero-order chi connectivity index (χ0) is 13.1. The SMILES string of the molecule is CCCC1CCC(N2C(=O)C(C)NC2CC)CC1. The summed E-state index contributed by atoms with van der Waals surface area (Å²) in [5.41, 5.74) is 0. The van der Waals surface area contributed by atoms with Gasteiger partial charge in [0.05, 0.1) is 12.2 Å². The highest BCUT2D eigenvalue weighted by molar-refractivity contribution is 5.84. The number of hydrogen-bond acceptors (Lipinski definition) is 2. The Hall–Kier alpha value is -0.570. The highest BCUT2D eigenvalue weighted by Gasteiger charge is 2.40. The second-order valence-corrected chi connectivity index (χ2v) is 6.02. The Kier molecular flexibility index (Phi) is 4.66. The van der Waals surface area contributed by atoms with Gasteiger partial charge in [0.1, 0.15) is 0 Å². The number of nitrogens with zero attached hydrogens (tertiary/aromatic N) is 1. The molecule has 2 rings (SSSR count). The van der Waals surface area contributed by atoms with E-state index in [0.717, 1.165) is 12.3 Å². The molecule has 0 radical (unpaired) electrons. The highest BCUT2D eigenvalue weighted by atomic mass is 16.2. The molecule has 2 unspecified atom stereocenters. The summed E-state index contributed by atoms with van der Waals surface area (Å²) in [6, 6.07) is 0.510. The molecule has 2 aliphatic rings. The molecule has 1 N–H and O–H groups in total. The molecule has 0 aromatic rings. The molecule has 1 saturated carbocycles. The van der Waals surface area contributed by atoms with Crippen molar-refractivity contribution in [2.24, 2.45) is 5.92 Å². The van der Waals surface area contributed by atoms with Crippen molar-refractivity contribution in [2.45, 2.75) is 84.0 Å². The van der Waals surface area contributed by atoms with E-state index in [9.17, 15) is 4.79 Å². The van der Waals surface area contributed by atoms with Gasteiger partial charge >= 0.3 is 0 Å². The van der Waals surface area contributed by atoms with Gasteiger partial charge < -0.3 is 4.90 Å². The summed E-state index contributed by atoms with van der Waals surface area (Å²) in [5, 5.41) is 3.41. The maximum atomic E-state index is 12.2. The van der Waals surface area contributed by atoms with Gasteiger partial charge in [-0.25, -0.2) is 0 Å². The summed E-state index contributed by atoms with van der Waals surface area (Å²) < 4.78 is 0. The number of nitrogens with one attached hydrogen (secondary N) is 1. The van der Waals surface area contributed by atoms with E-state index in [1.807, 2.05) is 6.92 Å². The molecule has 2 atom stereocenters. The van der Waals surface area contributed by atoms with E-state index < -0.39 is 0 Å². The molecule has 1 amide bonds. The third kappa shape index (κ3) is 2.71. The Morgan fingerprint density at radius 1 is 1.22 bits per heavy atom. The van der Waals surface area contributed by atoms with E-state index in [2.05, 4.69) is 24.1 Å². The zero-order valence-corrected chi connectivity index (χ0v) is 12.1. The van der Waals surface area contributed by atoms with Gasteiger partial charge in [-0.1, -0.05) is 26.7 Å². The molecule has 0 aromatic carbocycles. The summed E-state index contributed by atoms with van der Waals surface area (Å²) in [6.07, 6.45) is 9.01. The molecule has 1 heterocycles. The molecule has 3 heteroatoms. The van der Waals surface area contributed by atoms with Gasteiger partial charge in [0.25, 0.3) is 0 Å². The van der Waals surface area contributed by atoms with E-state index in [4.69, 9.17) is 0 Å². The van der Waals surface area contributed by atoms with Crippen LogP contribution in [0.15, 0.2) is 0 Å². The zero-order valence-electron chi connectivity index (χ0n) is 12.1. The van der Waals surface area contributed by atoms with Gasteiger partial charge in [-0.15, -0.1) is 0 Å². The van der Waals surface area contributed by atoms with Gasteiger partial charge in [0, 0.05) is 6.04 Å². The van der Waals surface area contributed by atoms with Gasteiger partial charge in [0.15, 0.2) is 0 Å². The smallest absolute Gasteiger partial charge is 0.240 e. The highest BCUT2D eigenvalue weighted by Crippen LogP contribution is 2.32. The normalized spacial score (nSPS) is 37.3. The van der Waals surface area contributed by atoms with Crippen LogP contribution < -0.4 is 5.32 Å². The van der Waals surface area contributed by atoms with Crippen molar-refractivity contribution in [3.8, 4) is 0 Å². The number of amides is 1. The van der Waals surface area contributed by atoms with Gasteiger partial charge in [0.2, 0.25) is 5.91 Å². The average molecular weight is 252 g/mol. The molecular weight excluding hydrogens is 224 g/mol. The summed E-state index contributed by atoms with van der Waals surface area (Å²) in [5.74, 6) is 1.23. The van der Waals surface area contributed by atoms with Crippen LogP contribution in [0.4, 0.5) is 0 Å². The Bertz CT molecular complexity index is 284. The third-order valence-corrected chi connectivity index (χ3v) is 4.70. The van der Waals surface area contributed by atoms with Crippen molar-refractivity contribution in [2.75, 3.05) is 0 Å². The fourth-order valence-electron chi connectivity index (χ4n) is 3.69. The second kappa shape index (κ2) is 6.05. The minimum absolute atomic E-state index is 0.0170. The summed E-state index contributed by atoms with van der Waals surface area (Å²) in [7, 11) is 0. The van der Waals surface area contributed by atoms with Crippen LogP contribution in [0.1, 0.15) is 65.7 Å². The standard InChI is InChI=1S/C15H28N2O/c1-4-6-12-7-9-13(10-8-12)17-14(5-2)16-11(3)15(17)18/h11-14,16H,4-10H2,1-3H3. The second-order valence-electron chi connectivity index (χ2n) is 6.02. The lowest BCUT2D eigenvalue weighted by Gasteiger charge is -2.37. The Balaban J connectivity index is 1.93. The molecule has 0 aromatic heterocycles. The van der Waals surface area contributed by atoms with E-state index in [-0.39, 0.29) is 12.2 Å². The van der Waals surface area contributed by atoms with E-state index >= 15 is 0 Å². The fraction of sp³-hybridized carbons (Fsp3) is 0.933. The van der Waals surface area contributed by atoms with Crippen LogP contribution in [-0.2, 0) is 4.79 Å². The lowest BCUT2D eigenvalue weighted by Crippen LogP contribution is -2.45. The van der Waals surface area contributed by atoms with Crippen LogP contribution in [0, 0.1) is 5.92 Å². The molecule has 0 spiro atoms. The predicted octanol–water partition coefficient (Wildman–Crippen LogP) is 2.90. The average Bonchev–Trinajstić information content (AvgIpc) is 2.67. The number of carbonyl (C=O) groups is 1. The van der Waals surface area contributed by atoms with Crippen molar-refractivity contribution in [1.82, 2.24) is 10.2 Å². The molecular formula is C15H28N2O. The predicted molar refractivity (Wildman–Crippen MR) is 74.2 cm³/mol. The minimum atomic E-state index is 0.0170. The van der Waals surface area contributed by atoms with Crippen LogP contribution >= 0.6 is 0 Å². The summed E-state index contributed by atoms with van der Waals surface area (Å²) in [4.78, 5) is 14.4. The molecule has 0 bridgehead atoms. The van der Waals surface area contributed by atoms with Crippen LogP contribution in [0.5, 0.6) is 0 Å². The lowest BCUT2D eigenvalue weighted by atomic mass is 9.83. The van der Waals surface area contributed by atoms with Crippen LogP contribution in [0.3, 0.4) is 0 Å². The first-order chi connectivity index (χ1) is 8.67. The van der Waals surface area contributed by atoms with Crippen molar-refractivity contribution in [3.05, 3.63) is 0 Å². The first-order valence-corrected chi connectivity index (χ1v) is 7.75. The van der Waals surface area contributed by atoms with Crippen molar-refractivity contribution >= 4 is 5.91 Å². The van der Waals surface area contributed by atoms with Crippen molar-refractivity contribution < 1.29 is 4.79 Å². The monoisotopic (exact) mass is 252 g/mol. The van der Waals surface area contributed by atoms with Crippen LogP contribution in [-0.4, -0.2) is 29.1 Å². The first-order valence-electron chi connectivity index (χ1n) is 7.75. The number of carbonyl (C=O) groups excluding carboxylic acids is 1. The Morgan fingerprint density at radius 2 is 1.89 bits per heavy atom. The van der Waals surface area contributed by atoms with E-state index in [1.165, 1.54) is 38.5 Å². The van der Waals surface area contributed by atoms with Crippen molar-refractivity contribution in [1.29, 1.82) is 0 Å². The quantitative estimate of drug-likeness (QED) is 0.834. The first kappa shape index (κ1) is 13.9. The van der Waals surface area contributed by atoms with Crippen molar-refractivity contribution in [3.63, 3.8) is 0 Å². The maximum absolute atomic E-state index is 12.2. The molecule has 1 aliphatic carbocycles. The summed E-state index contributed by atoms with van der Waals surface area (Å²) >= 11 is 0. The van der Waals surface area contributed by atoms with Crippen LogP contribution in [0.25, 0.3) is 0 Å². The van der Waals surface area contributed by atoms with Gasteiger partial charge in [-0.2, -0.15) is 0 Å². The third-order valence-electron chi connectivity index (χ3n) is 4.70. The van der Waals surface area contributed by atoms with Gasteiger partial charge in [-0.3, -0.25) is 10.1 Å². The molecule has 18 heavy (non-hydrogen) atoms. The number of rotatable bonds is 4. The lowest BCUT2D eigenvalue weighted by molar-refractivity contribution is -0.132. The molecule has 1 saturated heterocycles. The molecule has 3 nitrogen and oxygen atoms in total. The van der Waals surface area contributed by atoms with E-state index in [1.54, 1.807) is 0 Å². The maximum Gasteiger partial charge on any atom is 0.240 e. The summed E-state index contributed by atoms with van der Waals surface area (Å²) in [6.45, 7) is 6.43.